The number of likely N-dealkylation sites (tertiary alicyclic amines) is 1. The average molecular weight is 310 g/mol. The van der Waals surface area contributed by atoms with Crippen molar-refractivity contribution in [3.8, 4) is 0 Å². The Morgan fingerprint density at radius 2 is 2.05 bits per heavy atom. The Labute approximate surface area is 132 Å². The highest BCUT2D eigenvalue weighted by molar-refractivity contribution is 8.00. The third-order valence-corrected chi connectivity index (χ3v) is 4.63. The van der Waals surface area contributed by atoms with Crippen LogP contribution in [0, 0.1) is 0 Å². The number of carbonyl (C=O) groups is 3. The molecule has 5 nitrogen and oxygen atoms in total. The summed E-state index contributed by atoms with van der Waals surface area (Å²) in [6.45, 7) is 2.21. The minimum absolute atomic E-state index is 0.0354. The second-order valence-corrected chi connectivity index (χ2v) is 6.50. The predicted molar refractivity (Wildman–Crippen MR) is 85.1 cm³/mol. The van der Waals surface area contributed by atoms with Crippen LogP contribution in [-0.2, 0) is 14.4 Å². The van der Waals surface area contributed by atoms with E-state index in [0.29, 0.717) is 0 Å². The first-order valence-corrected chi connectivity index (χ1v) is 8.56. The van der Waals surface area contributed by atoms with Gasteiger partial charge in [0.2, 0.25) is 11.8 Å². The second kappa shape index (κ2) is 10.0. The lowest BCUT2D eigenvalue weighted by atomic mass is 10.0. The number of unbranched alkanes of at least 4 members (excludes halogenated alkanes) is 4. The minimum Gasteiger partial charge on any atom is -0.311 e. The highest BCUT2D eigenvalue weighted by Crippen LogP contribution is 2.25. The summed E-state index contributed by atoms with van der Waals surface area (Å²) < 4.78 is 0. The Hall–Kier alpha value is -0.815. The molecule has 2 radical (unpaired) electrons. The second-order valence-electron chi connectivity index (χ2n) is 5.19. The highest BCUT2D eigenvalue weighted by atomic mass is 32.2. The van der Waals surface area contributed by atoms with Gasteiger partial charge in [0.25, 0.3) is 0 Å². The molecule has 116 valence electrons. The Bertz CT molecular complexity index is 379. The molecule has 21 heavy (non-hydrogen) atoms. The van der Waals surface area contributed by atoms with Crippen LogP contribution in [0.3, 0.4) is 0 Å². The summed E-state index contributed by atoms with van der Waals surface area (Å²) in [7, 11) is 5.00. The van der Waals surface area contributed by atoms with E-state index in [4.69, 9.17) is 7.85 Å². The van der Waals surface area contributed by atoms with Gasteiger partial charge in [-0.05, 0) is 12.2 Å². The highest BCUT2D eigenvalue weighted by Gasteiger charge is 2.38. The molecule has 0 aliphatic carbocycles. The number of carbonyl (C=O) groups excluding carboxylic acids is 3. The van der Waals surface area contributed by atoms with E-state index in [0.717, 1.165) is 12.2 Å². The molecule has 0 bridgehead atoms. The maximum Gasteiger partial charge on any atom is 0.243 e. The van der Waals surface area contributed by atoms with E-state index < -0.39 is 5.68 Å². The van der Waals surface area contributed by atoms with Crippen LogP contribution < -0.4 is 5.32 Å². The zero-order valence-corrected chi connectivity index (χ0v) is 13.4. The number of nitrogens with zero attached hydrogens (tertiary/aromatic N) is 1. The van der Waals surface area contributed by atoms with Crippen LogP contribution in [0.4, 0.5) is 0 Å². The maximum absolute atomic E-state index is 12.1. The van der Waals surface area contributed by atoms with Crippen LogP contribution in [0.25, 0.3) is 0 Å². The van der Waals surface area contributed by atoms with Gasteiger partial charge in [-0.3, -0.25) is 19.8 Å². The van der Waals surface area contributed by atoms with Crippen LogP contribution in [-0.4, -0.2) is 54.5 Å². The molecule has 0 spiro atoms. The van der Waals surface area contributed by atoms with Crippen molar-refractivity contribution in [2.45, 2.75) is 50.7 Å². The van der Waals surface area contributed by atoms with E-state index in [1.54, 1.807) is 11.8 Å². The Morgan fingerprint density at radius 1 is 1.33 bits per heavy atom. The van der Waals surface area contributed by atoms with Crippen molar-refractivity contribution in [2.24, 2.45) is 0 Å². The van der Waals surface area contributed by atoms with Crippen LogP contribution >= 0.6 is 11.8 Å². The molecular weight excluding hydrogens is 287 g/mol. The summed E-state index contributed by atoms with van der Waals surface area (Å²) in [5, 5.41) is 2.43. The molecule has 1 heterocycles. The number of amides is 2. The lowest BCUT2D eigenvalue weighted by Gasteiger charge is -2.15. The summed E-state index contributed by atoms with van der Waals surface area (Å²) in [6.07, 6.45) is 6.23. The van der Waals surface area contributed by atoms with Crippen molar-refractivity contribution in [3.05, 3.63) is 0 Å². The van der Waals surface area contributed by atoms with Gasteiger partial charge in [0, 0.05) is 13.0 Å². The molecule has 7 heteroatoms. The number of rotatable bonds is 11. The molecule has 0 saturated carbocycles. The summed E-state index contributed by atoms with van der Waals surface area (Å²) in [4.78, 5) is 35.7. The van der Waals surface area contributed by atoms with E-state index in [2.05, 4.69) is 12.2 Å². The van der Waals surface area contributed by atoms with E-state index in [1.165, 1.54) is 30.6 Å². The minimum atomic E-state index is -0.507. The molecule has 2 amide bonds. The number of hydrogen-bond donors (Lipinski definition) is 1. The predicted octanol–water partition coefficient (Wildman–Crippen LogP) is 1.06. The van der Waals surface area contributed by atoms with Gasteiger partial charge < -0.3 is 4.79 Å². The smallest absolute Gasteiger partial charge is 0.243 e. The fourth-order valence-electron chi connectivity index (χ4n) is 2.17. The fraction of sp³-hybridized carbons (Fsp3) is 0.786. The first kappa shape index (κ1) is 18.2. The van der Waals surface area contributed by atoms with Crippen molar-refractivity contribution in [3.63, 3.8) is 0 Å². The molecular formula is C14H23BN2O3S. The van der Waals surface area contributed by atoms with Crippen molar-refractivity contribution < 1.29 is 14.4 Å². The van der Waals surface area contributed by atoms with Gasteiger partial charge in [-0.15, -0.1) is 11.8 Å². The van der Waals surface area contributed by atoms with Gasteiger partial charge in [-0.25, -0.2) is 0 Å². The van der Waals surface area contributed by atoms with Crippen LogP contribution in [0.1, 0.15) is 45.4 Å². The number of nitrogens with one attached hydrogen (secondary N) is 1. The van der Waals surface area contributed by atoms with E-state index in [1.807, 2.05) is 0 Å². The molecule has 0 aromatic carbocycles. The summed E-state index contributed by atoms with van der Waals surface area (Å²) in [6, 6.07) is 0. The number of hydrogen-bond acceptors (Lipinski definition) is 5. The lowest BCUT2D eigenvalue weighted by molar-refractivity contribution is -0.138. The van der Waals surface area contributed by atoms with Crippen LogP contribution in [0.15, 0.2) is 0 Å². The van der Waals surface area contributed by atoms with Gasteiger partial charge in [0.1, 0.15) is 0 Å². The normalized spacial score (nSPS) is 18.5. The van der Waals surface area contributed by atoms with Crippen LogP contribution in [0.5, 0.6) is 0 Å². The number of thioether (sulfide) groups is 1. The quantitative estimate of drug-likeness (QED) is 0.351. The summed E-state index contributed by atoms with van der Waals surface area (Å²) in [5.41, 5.74) is -0.507. The zero-order chi connectivity index (χ0) is 15.7. The largest absolute Gasteiger partial charge is 0.311 e. The van der Waals surface area contributed by atoms with Crippen LogP contribution in [0.2, 0.25) is 0 Å². The van der Waals surface area contributed by atoms with E-state index in [-0.39, 0.29) is 36.7 Å². The van der Waals surface area contributed by atoms with Gasteiger partial charge in [-0.1, -0.05) is 32.6 Å². The van der Waals surface area contributed by atoms with Crippen molar-refractivity contribution in [2.75, 3.05) is 19.0 Å². The molecule has 1 atom stereocenters. The van der Waals surface area contributed by atoms with Gasteiger partial charge in [0.15, 0.2) is 7.85 Å². The van der Waals surface area contributed by atoms with E-state index >= 15 is 0 Å². The Morgan fingerprint density at radius 3 is 2.71 bits per heavy atom. The van der Waals surface area contributed by atoms with Crippen molar-refractivity contribution >= 4 is 37.1 Å². The third kappa shape index (κ3) is 6.65. The molecule has 1 rings (SSSR count). The SMILES string of the molecule is [B]C(=O)CNCN1C(=O)CC(SCCCCCCC)C1=O. The standard InChI is InChI=1S/C14H23BN2O3S/c1-2-3-4-5-6-7-21-11-8-13(19)17(14(11)20)10-16-9-12(15)18/h11,16H,2-10H2,1H3. The van der Waals surface area contributed by atoms with Gasteiger partial charge in [0.05, 0.1) is 17.6 Å². The first-order valence-electron chi connectivity index (χ1n) is 7.51. The van der Waals surface area contributed by atoms with Crippen molar-refractivity contribution in [1.29, 1.82) is 0 Å². The molecule has 1 unspecified atom stereocenters. The zero-order valence-electron chi connectivity index (χ0n) is 12.6. The Balaban J connectivity index is 2.23. The lowest BCUT2D eigenvalue weighted by Crippen LogP contribution is -2.41. The molecule has 1 fully saturated rings. The van der Waals surface area contributed by atoms with Gasteiger partial charge in [-0.2, -0.15) is 0 Å². The molecule has 1 saturated heterocycles. The average Bonchev–Trinajstić information content (AvgIpc) is 2.70. The molecule has 1 N–H and O–H groups in total. The van der Waals surface area contributed by atoms with Crippen molar-refractivity contribution in [1.82, 2.24) is 10.2 Å². The first-order chi connectivity index (χ1) is 10.1. The maximum atomic E-state index is 12.1. The topological polar surface area (TPSA) is 66.5 Å². The summed E-state index contributed by atoms with van der Waals surface area (Å²) in [5.74, 6) is 0.576. The van der Waals surface area contributed by atoms with Gasteiger partial charge >= 0.3 is 0 Å². The fourth-order valence-corrected chi connectivity index (χ4v) is 3.36. The molecule has 0 aromatic heterocycles. The molecule has 0 aromatic rings. The Kier molecular flexibility index (Phi) is 8.69. The molecule has 1 aliphatic rings. The number of imide groups is 1. The summed E-state index contributed by atoms with van der Waals surface area (Å²) >= 11 is 1.57. The third-order valence-electron chi connectivity index (χ3n) is 3.34. The monoisotopic (exact) mass is 310 g/mol. The van der Waals surface area contributed by atoms with E-state index in [9.17, 15) is 14.4 Å². The molecule has 1 aliphatic heterocycles.